The zero-order valence-electron chi connectivity index (χ0n) is 13.4. The summed E-state index contributed by atoms with van der Waals surface area (Å²) in [4.78, 5) is 17.0. The number of aryl methyl sites for hydroxylation is 1. The van der Waals surface area contributed by atoms with E-state index in [0.717, 1.165) is 0 Å². The minimum absolute atomic E-state index is 0.0634. The van der Waals surface area contributed by atoms with Crippen LogP contribution in [-0.4, -0.2) is 14.6 Å². The summed E-state index contributed by atoms with van der Waals surface area (Å²) in [7, 11) is 0. The molecular weight excluding hydrogens is 320 g/mol. The molecule has 0 radical (unpaired) electrons. The maximum atomic E-state index is 12.0. The molecule has 0 spiro atoms. The number of benzene rings is 2. The van der Waals surface area contributed by atoms with Crippen LogP contribution in [0.5, 0.6) is 0 Å². The molecule has 0 saturated carbocycles. The van der Waals surface area contributed by atoms with E-state index in [1.165, 1.54) is 38.3 Å². The Morgan fingerprint density at radius 3 is 2.83 bits per heavy atom. The van der Waals surface area contributed by atoms with Gasteiger partial charge >= 0.3 is 0 Å². The first kappa shape index (κ1) is 14.8. The smallest absolute Gasteiger partial charge is 0.275 e. The van der Waals surface area contributed by atoms with Crippen molar-refractivity contribution in [2.75, 3.05) is 5.32 Å². The number of nitrogens with zero attached hydrogens (tertiary/aromatic N) is 3. The standard InChI is InChI=1S/C18H16N4OS/c1-11-10-16(23)22-18(19-11)24-17(21-22)20-12(2)14-9-5-7-13-6-3-4-8-15(13)14/h3-10,12H,1-2H3,(H,20,21)/t12-/m0/s1. The first-order chi connectivity index (χ1) is 11.6. The van der Waals surface area contributed by atoms with Crippen molar-refractivity contribution in [2.45, 2.75) is 19.9 Å². The maximum absolute atomic E-state index is 12.0. The third-order valence-corrected chi connectivity index (χ3v) is 4.84. The number of hydrogen-bond donors (Lipinski definition) is 1. The van der Waals surface area contributed by atoms with E-state index in [2.05, 4.69) is 52.7 Å². The molecule has 2 aromatic carbocycles. The maximum Gasteiger partial charge on any atom is 0.275 e. The fourth-order valence-electron chi connectivity index (χ4n) is 2.87. The zero-order valence-corrected chi connectivity index (χ0v) is 14.2. The number of hydrogen-bond acceptors (Lipinski definition) is 5. The van der Waals surface area contributed by atoms with Crippen molar-refractivity contribution in [2.24, 2.45) is 0 Å². The third kappa shape index (κ3) is 2.55. The molecule has 0 aliphatic rings. The van der Waals surface area contributed by atoms with Gasteiger partial charge in [-0.05, 0) is 30.2 Å². The van der Waals surface area contributed by atoms with Crippen molar-refractivity contribution < 1.29 is 0 Å². The van der Waals surface area contributed by atoms with E-state index in [1.54, 1.807) is 0 Å². The van der Waals surface area contributed by atoms with E-state index < -0.39 is 0 Å². The Labute approximate surface area is 142 Å². The van der Waals surface area contributed by atoms with Gasteiger partial charge in [0.25, 0.3) is 5.56 Å². The average molecular weight is 336 g/mol. The van der Waals surface area contributed by atoms with Gasteiger partial charge in [-0.3, -0.25) is 4.79 Å². The summed E-state index contributed by atoms with van der Waals surface area (Å²) in [5.74, 6) is 0. The molecule has 6 heteroatoms. The second-order valence-corrected chi connectivity index (χ2v) is 6.73. The van der Waals surface area contributed by atoms with Crippen molar-refractivity contribution in [1.82, 2.24) is 14.6 Å². The lowest BCUT2D eigenvalue weighted by Crippen LogP contribution is -2.15. The van der Waals surface area contributed by atoms with Crippen LogP contribution in [0.3, 0.4) is 0 Å². The Balaban J connectivity index is 1.72. The van der Waals surface area contributed by atoms with Crippen LogP contribution in [-0.2, 0) is 0 Å². The molecule has 2 heterocycles. The second-order valence-electron chi connectivity index (χ2n) is 5.77. The molecule has 24 heavy (non-hydrogen) atoms. The normalized spacial score (nSPS) is 12.6. The Morgan fingerprint density at radius 2 is 1.96 bits per heavy atom. The van der Waals surface area contributed by atoms with Crippen LogP contribution in [0, 0.1) is 6.92 Å². The molecule has 1 atom stereocenters. The van der Waals surface area contributed by atoms with Gasteiger partial charge in [0, 0.05) is 11.8 Å². The molecule has 0 aliphatic heterocycles. The quantitative estimate of drug-likeness (QED) is 0.618. The van der Waals surface area contributed by atoms with Gasteiger partial charge < -0.3 is 5.32 Å². The molecule has 0 saturated heterocycles. The summed E-state index contributed by atoms with van der Waals surface area (Å²) in [5, 5.41) is 10.9. The van der Waals surface area contributed by atoms with Crippen LogP contribution in [0.2, 0.25) is 0 Å². The Hall–Kier alpha value is -2.73. The fourth-order valence-corrected chi connectivity index (χ4v) is 3.81. The summed E-state index contributed by atoms with van der Waals surface area (Å²) < 4.78 is 1.34. The van der Waals surface area contributed by atoms with Gasteiger partial charge in [0.2, 0.25) is 10.1 Å². The minimum atomic E-state index is -0.153. The van der Waals surface area contributed by atoms with Crippen LogP contribution in [0.25, 0.3) is 15.7 Å². The zero-order chi connectivity index (χ0) is 16.7. The summed E-state index contributed by atoms with van der Waals surface area (Å²) in [6.45, 7) is 3.91. The topological polar surface area (TPSA) is 59.3 Å². The fraction of sp³-hybridized carbons (Fsp3) is 0.167. The second kappa shape index (κ2) is 5.72. The Kier molecular flexibility index (Phi) is 3.54. The lowest BCUT2D eigenvalue weighted by atomic mass is 10.00. The lowest BCUT2D eigenvalue weighted by Gasteiger charge is -2.15. The van der Waals surface area contributed by atoms with Gasteiger partial charge in [0.15, 0.2) is 0 Å². The van der Waals surface area contributed by atoms with Crippen molar-refractivity contribution in [3.63, 3.8) is 0 Å². The molecule has 2 aromatic heterocycles. The molecule has 0 bridgehead atoms. The monoisotopic (exact) mass is 336 g/mol. The SMILES string of the molecule is Cc1cc(=O)n2nc(N[C@@H](C)c3cccc4ccccc34)sc2n1. The van der Waals surface area contributed by atoms with Crippen LogP contribution in [0.1, 0.15) is 24.2 Å². The molecule has 120 valence electrons. The average Bonchev–Trinajstić information content (AvgIpc) is 2.97. The van der Waals surface area contributed by atoms with Crippen molar-refractivity contribution in [3.05, 3.63) is 70.1 Å². The van der Waals surface area contributed by atoms with E-state index in [9.17, 15) is 4.79 Å². The van der Waals surface area contributed by atoms with Gasteiger partial charge in [0.05, 0.1) is 6.04 Å². The number of rotatable bonds is 3. The lowest BCUT2D eigenvalue weighted by molar-refractivity contribution is 0.849. The summed E-state index contributed by atoms with van der Waals surface area (Å²) in [6, 6.07) is 16.1. The molecule has 0 unspecified atom stereocenters. The number of fused-ring (bicyclic) bond motifs is 2. The molecule has 4 aromatic rings. The highest BCUT2D eigenvalue weighted by molar-refractivity contribution is 7.20. The number of nitrogens with one attached hydrogen (secondary N) is 1. The van der Waals surface area contributed by atoms with Crippen LogP contribution < -0.4 is 10.9 Å². The van der Waals surface area contributed by atoms with Crippen LogP contribution in [0.4, 0.5) is 5.13 Å². The summed E-state index contributed by atoms with van der Waals surface area (Å²) >= 11 is 1.38. The Morgan fingerprint density at radius 1 is 1.17 bits per heavy atom. The van der Waals surface area contributed by atoms with Crippen molar-refractivity contribution in [1.29, 1.82) is 0 Å². The highest BCUT2D eigenvalue weighted by atomic mass is 32.1. The van der Waals surface area contributed by atoms with E-state index >= 15 is 0 Å². The largest absolute Gasteiger partial charge is 0.354 e. The van der Waals surface area contributed by atoms with E-state index in [0.29, 0.717) is 15.8 Å². The highest BCUT2D eigenvalue weighted by Gasteiger charge is 2.13. The molecule has 0 aliphatic carbocycles. The predicted octanol–water partition coefficient (Wildman–Crippen LogP) is 3.79. The van der Waals surface area contributed by atoms with Crippen molar-refractivity contribution in [3.8, 4) is 0 Å². The minimum Gasteiger partial charge on any atom is -0.354 e. The number of anilines is 1. The molecular formula is C18H16N4OS. The molecule has 0 fully saturated rings. The van der Waals surface area contributed by atoms with Crippen LogP contribution in [0.15, 0.2) is 53.3 Å². The molecule has 0 amide bonds. The molecule has 5 nitrogen and oxygen atoms in total. The van der Waals surface area contributed by atoms with Gasteiger partial charge in [-0.15, -0.1) is 5.10 Å². The van der Waals surface area contributed by atoms with Gasteiger partial charge in [-0.25, -0.2) is 4.98 Å². The van der Waals surface area contributed by atoms with E-state index in [1.807, 2.05) is 19.1 Å². The third-order valence-electron chi connectivity index (χ3n) is 4.00. The van der Waals surface area contributed by atoms with E-state index in [4.69, 9.17) is 0 Å². The molecule has 1 N–H and O–H groups in total. The van der Waals surface area contributed by atoms with Crippen molar-refractivity contribution >= 4 is 32.2 Å². The Bertz CT molecular complexity index is 1090. The summed E-state index contributed by atoms with van der Waals surface area (Å²) in [5.41, 5.74) is 1.75. The van der Waals surface area contributed by atoms with Gasteiger partial charge in [0.1, 0.15) is 0 Å². The first-order valence-electron chi connectivity index (χ1n) is 7.73. The predicted molar refractivity (Wildman–Crippen MR) is 97.9 cm³/mol. The van der Waals surface area contributed by atoms with Crippen LogP contribution >= 0.6 is 11.3 Å². The van der Waals surface area contributed by atoms with E-state index in [-0.39, 0.29) is 11.6 Å². The molecule has 4 rings (SSSR count). The summed E-state index contributed by atoms with van der Waals surface area (Å²) in [6.07, 6.45) is 0. The number of aromatic nitrogens is 3. The highest BCUT2D eigenvalue weighted by Crippen LogP contribution is 2.28. The van der Waals surface area contributed by atoms with Gasteiger partial charge in [-0.2, -0.15) is 4.52 Å². The first-order valence-corrected chi connectivity index (χ1v) is 8.55. The van der Waals surface area contributed by atoms with Gasteiger partial charge in [-0.1, -0.05) is 53.8 Å².